The maximum Gasteiger partial charge on any atom is 0.400 e. The molecule has 0 aliphatic carbocycles. The van der Waals surface area contributed by atoms with Gasteiger partial charge in [-0.2, -0.15) is 5.26 Å². The molecule has 102 valence electrons. The van der Waals surface area contributed by atoms with Crippen molar-refractivity contribution in [1.29, 1.82) is 5.26 Å². The zero-order chi connectivity index (χ0) is 14.7. The molecule has 0 saturated carbocycles. The van der Waals surface area contributed by atoms with Crippen LogP contribution in [0, 0.1) is 11.3 Å². The molecular weight excluding hydrogens is 290 g/mol. The summed E-state index contributed by atoms with van der Waals surface area (Å²) in [6, 6.07) is 12.3. The van der Waals surface area contributed by atoms with Crippen molar-refractivity contribution in [3.8, 4) is 6.07 Å². The van der Waals surface area contributed by atoms with Crippen LogP contribution in [0.3, 0.4) is 0 Å². The lowest BCUT2D eigenvalue weighted by molar-refractivity contribution is 0.0481. The summed E-state index contributed by atoms with van der Waals surface area (Å²) in [4.78, 5) is 20.5. The number of nitriles is 1. The number of thiazole rings is 1. The first-order valence-electron chi connectivity index (χ1n) is 5.87. The molecule has 2 aromatic heterocycles. The SMILES string of the molecule is N#C/C(=N/OC(=O)c1ccco1)c1nc2ccccc2s1. The Balaban J connectivity index is 1.86. The van der Waals surface area contributed by atoms with Crippen LogP contribution in [0.2, 0.25) is 0 Å². The van der Waals surface area contributed by atoms with Crippen LogP contribution in [-0.4, -0.2) is 16.7 Å². The minimum atomic E-state index is -0.770. The lowest BCUT2D eigenvalue weighted by Gasteiger charge is -1.94. The van der Waals surface area contributed by atoms with Gasteiger partial charge in [-0.3, -0.25) is 0 Å². The second-order valence-corrected chi connectivity index (χ2v) is 4.93. The van der Waals surface area contributed by atoms with Gasteiger partial charge in [0.1, 0.15) is 6.07 Å². The third kappa shape index (κ3) is 2.66. The van der Waals surface area contributed by atoms with Crippen LogP contribution < -0.4 is 0 Å². The molecule has 0 N–H and O–H groups in total. The minimum Gasteiger partial charge on any atom is -0.457 e. The molecule has 1 aromatic carbocycles. The molecule has 2 heterocycles. The van der Waals surface area contributed by atoms with Gasteiger partial charge in [0.15, 0.2) is 5.01 Å². The van der Waals surface area contributed by atoms with Crippen molar-refractivity contribution < 1.29 is 14.0 Å². The van der Waals surface area contributed by atoms with Crippen molar-refractivity contribution in [2.75, 3.05) is 0 Å². The summed E-state index contributed by atoms with van der Waals surface area (Å²) in [5.41, 5.74) is 0.703. The molecule has 0 unspecified atom stereocenters. The van der Waals surface area contributed by atoms with Gasteiger partial charge < -0.3 is 9.25 Å². The van der Waals surface area contributed by atoms with Gasteiger partial charge in [0, 0.05) is 0 Å². The van der Waals surface area contributed by atoms with Crippen LogP contribution in [0.4, 0.5) is 0 Å². The van der Waals surface area contributed by atoms with Crippen LogP contribution in [0.5, 0.6) is 0 Å². The van der Waals surface area contributed by atoms with E-state index in [2.05, 4.69) is 15.0 Å². The fraction of sp³-hybridized carbons (Fsp3) is 0. The Morgan fingerprint density at radius 3 is 2.90 bits per heavy atom. The average molecular weight is 297 g/mol. The molecule has 3 rings (SSSR count). The minimum absolute atomic E-state index is 0.0142. The predicted molar refractivity (Wildman–Crippen MR) is 75.9 cm³/mol. The Morgan fingerprint density at radius 2 is 2.19 bits per heavy atom. The number of furan rings is 1. The highest BCUT2D eigenvalue weighted by molar-refractivity contribution is 7.20. The van der Waals surface area contributed by atoms with E-state index in [0.29, 0.717) is 5.01 Å². The number of hydrogen-bond acceptors (Lipinski definition) is 7. The number of nitrogens with zero attached hydrogens (tertiary/aromatic N) is 3. The summed E-state index contributed by atoms with van der Waals surface area (Å²) < 4.78 is 5.80. The first-order valence-corrected chi connectivity index (χ1v) is 6.68. The second-order valence-electron chi connectivity index (χ2n) is 3.89. The number of carbonyl (C=O) groups is 1. The van der Waals surface area contributed by atoms with E-state index >= 15 is 0 Å². The van der Waals surface area contributed by atoms with E-state index in [1.807, 2.05) is 30.3 Å². The molecule has 0 amide bonds. The number of para-hydroxylation sites is 1. The molecule has 6 nitrogen and oxygen atoms in total. The van der Waals surface area contributed by atoms with E-state index in [-0.39, 0.29) is 11.5 Å². The predicted octanol–water partition coefficient (Wildman–Crippen LogP) is 2.97. The zero-order valence-electron chi connectivity index (χ0n) is 10.5. The number of carbonyl (C=O) groups excluding carboxylic acids is 1. The first-order chi connectivity index (χ1) is 10.3. The molecular formula is C14H7N3O3S. The van der Waals surface area contributed by atoms with E-state index in [4.69, 9.17) is 9.68 Å². The molecule has 0 atom stereocenters. The molecule has 0 aliphatic heterocycles. The molecule has 0 bridgehead atoms. The second kappa shape index (κ2) is 5.56. The molecule has 21 heavy (non-hydrogen) atoms. The van der Waals surface area contributed by atoms with E-state index in [1.165, 1.54) is 23.7 Å². The highest BCUT2D eigenvalue weighted by Crippen LogP contribution is 2.22. The Labute approximate surface area is 122 Å². The van der Waals surface area contributed by atoms with Crippen molar-refractivity contribution in [3.63, 3.8) is 0 Å². The zero-order valence-corrected chi connectivity index (χ0v) is 11.3. The van der Waals surface area contributed by atoms with Gasteiger partial charge in [0.2, 0.25) is 11.5 Å². The summed E-state index contributed by atoms with van der Waals surface area (Å²) >= 11 is 1.30. The molecule has 0 aliphatic rings. The number of benzene rings is 1. The van der Waals surface area contributed by atoms with Gasteiger partial charge in [0.05, 0.1) is 16.5 Å². The van der Waals surface area contributed by atoms with Crippen LogP contribution in [0.1, 0.15) is 15.6 Å². The smallest absolute Gasteiger partial charge is 0.400 e. The Kier molecular flexibility index (Phi) is 3.45. The number of aromatic nitrogens is 1. The van der Waals surface area contributed by atoms with Gasteiger partial charge in [-0.05, 0) is 24.3 Å². The van der Waals surface area contributed by atoms with Gasteiger partial charge >= 0.3 is 5.97 Å². The number of hydrogen-bond donors (Lipinski definition) is 0. The number of fused-ring (bicyclic) bond motifs is 1. The van der Waals surface area contributed by atoms with E-state index in [9.17, 15) is 4.79 Å². The third-order valence-electron chi connectivity index (χ3n) is 2.54. The van der Waals surface area contributed by atoms with Gasteiger partial charge in [-0.15, -0.1) is 11.3 Å². The van der Waals surface area contributed by atoms with E-state index in [1.54, 1.807) is 6.07 Å². The van der Waals surface area contributed by atoms with E-state index in [0.717, 1.165) is 10.2 Å². The highest BCUT2D eigenvalue weighted by Gasteiger charge is 2.14. The monoisotopic (exact) mass is 297 g/mol. The maximum atomic E-state index is 11.6. The lowest BCUT2D eigenvalue weighted by atomic mass is 10.3. The third-order valence-corrected chi connectivity index (χ3v) is 3.59. The number of rotatable bonds is 3. The maximum absolute atomic E-state index is 11.6. The molecule has 0 spiro atoms. The Bertz CT molecular complexity index is 826. The summed E-state index contributed by atoms with van der Waals surface area (Å²) in [5, 5.41) is 13.1. The van der Waals surface area contributed by atoms with Crippen LogP contribution in [0.25, 0.3) is 10.2 Å². The summed E-state index contributed by atoms with van der Waals surface area (Å²) in [6.07, 6.45) is 1.35. The molecule has 3 aromatic rings. The Hall–Kier alpha value is -2.98. The van der Waals surface area contributed by atoms with Crippen LogP contribution >= 0.6 is 11.3 Å². The van der Waals surface area contributed by atoms with Gasteiger partial charge in [0.25, 0.3) is 0 Å². The highest BCUT2D eigenvalue weighted by atomic mass is 32.1. The summed E-state index contributed by atoms with van der Waals surface area (Å²) in [6.45, 7) is 0. The van der Waals surface area contributed by atoms with Crippen LogP contribution in [-0.2, 0) is 4.84 Å². The summed E-state index contributed by atoms with van der Waals surface area (Å²) in [7, 11) is 0. The molecule has 7 heteroatoms. The molecule has 0 radical (unpaired) electrons. The van der Waals surface area contributed by atoms with Crippen molar-refractivity contribution >= 4 is 33.2 Å². The van der Waals surface area contributed by atoms with Crippen molar-refractivity contribution in [3.05, 3.63) is 53.4 Å². The van der Waals surface area contributed by atoms with Crippen molar-refractivity contribution in [2.24, 2.45) is 5.16 Å². The van der Waals surface area contributed by atoms with Crippen LogP contribution in [0.15, 0.2) is 52.2 Å². The molecule has 0 fully saturated rings. The molecule has 0 saturated heterocycles. The number of oxime groups is 1. The fourth-order valence-electron chi connectivity index (χ4n) is 1.61. The normalized spacial score (nSPS) is 11.3. The Morgan fingerprint density at radius 1 is 1.33 bits per heavy atom. The van der Waals surface area contributed by atoms with Crippen molar-refractivity contribution in [1.82, 2.24) is 4.98 Å². The quantitative estimate of drug-likeness (QED) is 0.421. The largest absolute Gasteiger partial charge is 0.457 e. The average Bonchev–Trinajstić information content (AvgIpc) is 3.17. The van der Waals surface area contributed by atoms with Gasteiger partial charge in [-0.1, -0.05) is 17.3 Å². The standard InChI is InChI=1S/C14H7N3O3S/c15-8-10(17-20-14(18)11-5-3-7-19-11)13-16-9-4-1-2-6-12(9)21-13/h1-7H/b17-10-. The van der Waals surface area contributed by atoms with Crippen molar-refractivity contribution in [2.45, 2.75) is 0 Å². The van der Waals surface area contributed by atoms with E-state index < -0.39 is 5.97 Å². The lowest BCUT2D eigenvalue weighted by Crippen LogP contribution is -2.03. The summed E-state index contributed by atoms with van der Waals surface area (Å²) in [5.74, 6) is -0.755. The van der Waals surface area contributed by atoms with Gasteiger partial charge in [-0.25, -0.2) is 9.78 Å². The first kappa shape index (κ1) is 13.0. The fourth-order valence-corrected chi connectivity index (χ4v) is 2.50. The topological polar surface area (TPSA) is 88.5 Å².